The highest BCUT2D eigenvalue weighted by atomic mass is 16.5. The largest absolute Gasteiger partial charge is 0.392 e. The molecule has 3 rings (SSSR count). The third-order valence-electron chi connectivity index (χ3n) is 7.29. The lowest BCUT2D eigenvalue weighted by Gasteiger charge is -2.26. The quantitative estimate of drug-likeness (QED) is 0.342. The summed E-state index contributed by atoms with van der Waals surface area (Å²) in [5, 5.41) is 20.9. The van der Waals surface area contributed by atoms with E-state index in [0.717, 1.165) is 45.6 Å². The molecule has 3 fully saturated rings. The maximum absolute atomic E-state index is 10.6. The Hall–Kier alpha value is -1.12. The molecule has 1 heterocycles. The van der Waals surface area contributed by atoms with Gasteiger partial charge < -0.3 is 14.9 Å². The van der Waals surface area contributed by atoms with Crippen molar-refractivity contribution < 1.29 is 14.9 Å². The molecule has 0 spiro atoms. The van der Waals surface area contributed by atoms with Crippen LogP contribution in [0.3, 0.4) is 0 Å². The van der Waals surface area contributed by atoms with Crippen LogP contribution in [-0.2, 0) is 4.74 Å². The Morgan fingerprint density at radius 2 is 2.03 bits per heavy atom. The van der Waals surface area contributed by atoms with Crippen molar-refractivity contribution in [1.82, 2.24) is 4.90 Å². The third kappa shape index (κ3) is 6.69. The van der Waals surface area contributed by atoms with Gasteiger partial charge in [0.15, 0.2) is 0 Å². The minimum Gasteiger partial charge on any atom is -0.392 e. The number of ether oxygens (including phenoxy) is 1. The van der Waals surface area contributed by atoms with Gasteiger partial charge in [0.25, 0.3) is 0 Å². The molecule has 0 aromatic heterocycles. The summed E-state index contributed by atoms with van der Waals surface area (Å²) < 4.78 is 5.41. The predicted octanol–water partition coefficient (Wildman–Crippen LogP) is 3.79. The van der Waals surface area contributed by atoms with Crippen molar-refractivity contribution in [3.05, 3.63) is 23.8 Å². The average molecular weight is 416 g/mol. The Labute approximate surface area is 183 Å². The molecular weight excluding hydrogens is 374 g/mol. The molecule has 0 radical (unpaired) electrons. The van der Waals surface area contributed by atoms with Crippen LogP contribution in [0, 0.1) is 35.5 Å². The van der Waals surface area contributed by atoms with Gasteiger partial charge in [0, 0.05) is 25.4 Å². The summed E-state index contributed by atoms with van der Waals surface area (Å²) >= 11 is 0. The molecule has 0 amide bonds. The first-order valence-corrected chi connectivity index (χ1v) is 12.0. The van der Waals surface area contributed by atoms with E-state index in [4.69, 9.17) is 4.74 Å². The summed E-state index contributed by atoms with van der Waals surface area (Å²) in [7, 11) is 0. The Bertz CT molecular complexity index is 640. The van der Waals surface area contributed by atoms with Crippen LogP contribution >= 0.6 is 0 Å². The van der Waals surface area contributed by atoms with Gasteiger partial charge in [0.05, 0.1) is 25.4 Å². The molecule has 4 nitrogen and oxygen atoms in total. The Morgan fingerprint density at radius 1 is 1.23 bits per heavy atom. The van der Waals surface area contributed by atoms with Crippen LogP contribution in [-0.4, -0.2) is 60.2 Å². The second-order valence-corrected chi connectivity index (χ2v) is 9.51. The number of unbranched alkanes of at least 4 members (excludes halogenated alkanes) is 2. The maximum Gasteiger partial charge on any atom is 0.0755 e. The van der Waals surface area contributed by atoms with Gasteiger partial charge in [-0.1, -0.05) is 30.7 Å². The molecule has 2 saturated carbocycles. The summed E-state index contributed by atoms with van der Waals surface area (Å²) in [4.78, 5) is 2.51. The van der Waals surface area contributed by atoms with E-state index in [1.165, 1.54) is 25.8 Å². The van der Waals surface area contributed by atoms with Crippen molar-refractivity contribution in [2.24, 2.45) is 23.7 Å². The zero-order valence-corrected chi connectivity index (χ0v) is 18.9. The summed E-state index contributed by atoms with van der Waals surface area (Å²) in [5.74, 6) is 7.39. The van der Waals surface area contributed by atoms with Crippen LogP contribution in [0.5, 0.6) is 0 Å². The zero-order chi connectivity index (χ0) is 21.3. The summed E-state index contributed by atoms with van der Waals surface area (Å²) in [6, 6.07) is 0. The van der Waals surface area contributed by atoms with Gasteiger partial charge in [-0.05, 0) is 69.7 Å². The van der Waals surface area contributed by atoms with E-state index in [9.17, 15) is 10.2 Å². The van der Waals surface area contributed by atoms with Crippen LogP contribution in [0.15, 0.2) is 23.8 Å². The molecule has 4 heteroatoms. The molecule has 0 aromatic carbocycles. The molecule has 30 heavy (non-hydrogen) atoms. The molecule has 1 aliphatic heterocycles. The van der Waals surface area contributed by atoms with Crippen LogP contribution in [0.1, 0.15) is 58.8 Å². The van der Waals surface area contributed by atoms with Crippen molar-refractivity contribution in [1.29, 1.82) is 0 Å². The number of morpholine rings is 1. The van der Waals surface area contributed by atoms with E-state index in [2.05, 4.69) is 28.9 Å². The lowest BCUT2D eigenvalue weighted by molar-refractivity contribution is 0.0372. The molecule has 0 bridgehead atoms. The lowest BCUT2D eigenvalue weighted by atomic mass is 9.89. The highest BCUT2D eigenvalue weighted by Gasteiger charge is 2.44. The standard InChI is InChI=1S/C26H41NO3/c1-3-4-8-20(2)25(28)11-10-23-24-18-21(17-22(24)19-26(23)29)9-6-5-7-12-27-13-15-30-16-14-27/h9-11,20,22-26,28-29H,5-8,12-19H2,1-2H3/t20-,22-,23+,24-,25+,26+/m0/s1. The molecule has 168 valence electrons. The van der Waals surface area contributed by atoms with Gasteiger partial charge >= 0.3 is 0 Å². The first-order chi connectivity index (χ1) is 14.6. The third-order valence-corrected chi connectivity index (χ3v) is 7.29. The molecule has 2 aliphatic carbocycles. The maximum atomic E-state index is 10.6. The van der Waals surface area contributed by atoms with E-state index in [1.807, 2.05) is 19.9 Å². The van der Waals surface area contributed by atoms with Crippen LogP contribution in [0.4, 0.5) is 0 Å². The van der Waals surface area contributed by atoms with Crippen molar-refractivity contribution in [2.75, 3.05) is 32.8 Å². The molecule has 3 aliphatic rings. The second kappa shape index (κ2) is 12.1. The topological polar surface area (TPSA) is 52.9 Å². The molecule has 6 atom stereocenters. The first kappa shape index (κ1) is 23.5. The van der Waals surface area contributed by atoms with Crippen molar-refractivity contribution in [2.45, 2.75) is 71.0 Å². The van der Waals surface area contributed by atoms with E-state index in [-0.39, 0.29) is 17.9 Å². The number of hydrogen-bond donors (Lipinski definition) is 2. The van der Waals surface area contributed by atoms with Crippen molar-refractivity contribution in [3.63, 3.8) is 0 Å². The summed E-state index contributed by atoms with van der Waals surface area (Å²) in [6.45, 7) is 9.00. The number of aliphatic hydroxyl groups excluding tert-OH is 2. The van der Waals surface area contributed by atoms with Crippen LogP contribution in [0.2, 0.25) is 0 Å². The average Bonchev–Trinajstić information content (AvgIpc) is 3.27. The molecule has 0 unspecified atom stereocenters. The highest BCUT2D eigenvalue weighted by molar-refractivity contribution is 5.18. The number of fused-ring (bicyclic) bond motifs is 1. The predicted molar refractivity (Wildman–Crippen MR) is 122 cm³/mol. The van der Waals surface area contributed by atoms with Gasteiger partial charge in [-0.25, -0.2) is 0 Å². The van der Waals surface area contributed by atoms with Crippen molar-refractivity contribution >= 4 is 0 Å². The van der Waals surface area contributed by atoms with Crippen LogP contribution in [0.25, 0.3) is 0 Å². The Kier molecular flexibility index (Phi) is 9.46. The Balaban J connectivity index is 1.42. The van der Waals surface area contributed by atoms with Gasteiger partial charge in [-0.15, -0.1) is 11.8 Å². The monoisotopic (exact) mass is 415 g/mol. The minimum absolute atomic E-state index is 0.125. The number of aliphatic hydroxyl groups is 2. The fourth-order valence-corrected chi connectivity index (χ4v) is 5.37. The van der Waals surface area contributed by atoms with E-state index in [1.54, 1.807) is 5.57 Å². The fourth-order valence-electron chi connectivity index (χ4n) is 5.37. The molecular formula is C26H41NO3. The summed E-state index contributed by atoms with van der Waals surface area (Å²) in [6.07, 6.45) is 13.3. The summed E-state index contributed by atoms with van der Waals surface area (Å²) in [5.41, 5.74) is 1.59. The van der Waals surface area contributed by atoms with Gasteiger partial charge in [0.2, 0.25) is 0 Å². The number of hydrogen-bond acceptors (Lipinski definition) is 4. The van der Waals surface area contributed by atoms with Crippen LogP contribution < -0.4 is 0 Å². The molecule has 0 aromatic rings. The lowest BCUT2D eigenvalue weighted by Crippen LogP contribution is -2.36. The first-order valence-electron chi connectivity index (χ1n) is 12.0. The van der Waals surface area contributed by atoms with E-state index >= 15 is 0 Å². The van der Waals surface area contributed by atoms with Crippen molar-refractivity contribution in [3.8, 4) is 11.8 Å². The second-order valence-electron chi connectivity index (χ2n) is 9.51. The normalized spacial score (nSPS) is 32.9. The molecule has 1 saturated heterocycles. The van der Waals surface area contributed by atoms with Gasteiger partial charge in [0.1, 0.15) is 0 Å². The van der Waals surface area contributed by atoms with Gasteiger partial charge in [-0.2, -0.15) is 0 Å². The number of nitrogens with zero attached hydrogens (tertiary/aromatic N) is 1. The SMILES string of the molecule is CC#CC[C@H](C)[C@H](O)C=C[C@@H]1[C@H]2CC(=CCCCCN3CCOCC3)C[C@H]2C[C@H]1O. The number of rotatable bonds is 9. The number of allylic oxidation sites excluding steroid dienone is 2. The zero-order valence-electron chi connectivity index (χ0n) is 18.9. The minimum atomic E-state index is -0.486. The molecule has 2 N–H and O–H groups in total. The van der Waals surface area contributed by atoms with Gasteiger partial charge in [-0.3, -0.25) is 4.90 Å². The highest BCUT2D eigenvalue weighted by Crippen LogP contribution is 2.50. The Morgan fingerprint density at radius 3 is 2.80 bits per heavy atom. The smallest absolute Gasteiger partial charge is 0.0755 e. The van der Waals surface area contributed by atoms with E-state index < -0.39 is 6.10 Å². The van der Waals surface area contributed by atoms with E-state index in [0.29, 0.717) is 18.3 Å². The fraction of sp³-hybridized carbons (Fsp3) is 0.769.